The van der Waals surface area contributed by atoms with E-state index in [-0.39, 0.29) is 16.2 Å². The van der Waals surface area contributed by atoms with Gasteiger partial charge in [-0.15, -0.1) is 0 Å². The van der Waals surface area contributed by atoms with Crippen molar-refractivity contribution in [3.05, 3.63) is 157 Å². The van der Waals surface area contributed by atoms with Crippen molar-refractivity contribution < 1.29 is 0 Å². The van der Waals surface area contributed by atoms with Crippen molar-refractivity contribution in [2.24, 2.45) is 11.3 Å². The molecule has 4 aromatic carbocycles. The first-order chi connectivity index (χ1) is 20.6. The Kier molecular flexibility index (Phi) is 7.28. The first-order valence-electron chi connectivity index (χ1n) is 16.3. The first kappa shape index (κ1) is 30.1. The molecule has 2 aliphatic rings. The molecule has 0 saturated carbocycles. The number of hydrogen-bond donors (Lipinski definition) is 0. The fraction of sp³-hybridized carbons (Fsp3) is 0.318. The van der Waals surface area contributed by atoms with Crippen LogP contribution in [0.3, 0.4) is 0 Å². The highest BCUT2D eigenvalue weighted by molar-refractivity contribution is 5.89. The van der Waals surface area contributed by atoms with Crippen LogP contribution in [-0.4, -0.2) is 0 Å². The van der Waals surface area contributed by atoms with E-state index in [1.165, 1.54) is 71.0 Å². The van der Waals surface area contributed by atoms with Crippen LogP contribution in [0.15, 0.2) is 103 Å². The largest absolute Gasteiger partial charge is 0.0735 e. The van der Waals surface area contributed by atoms with Gasteiger partial charge in [-0.25, -0.2) is 0 Å². The van der Waals surface area contributed by atoms with Gasteiger partial charge in [0.15, 0.2) is 0 Å². The Labute approximate surface area is 264 Å². The minimum atomic E-state index is -0.0823. The number of rotatable bonds is 3. The summed E-state index contributed by atoms with van der Waals surface area (Å²) in [7, 11) is 0. The third-order valence-electron chi connectivity index (χ3n) is 9.45. The van der Waals surface area contributed by atoms with E-state index in [0.29, 0.717) is 5.92 Å². The molecule has 0 bridgehead atoms. The van der Waals surface area contributed by atoms with Crippen molar-refractivity contribution in [2.75, 3.05) is 0 Å². The van der Waals surface area contributed by atoms with Crippen LogP contribution >= 0.6 is 0 Å². The summed E-state index contributed by atoms with van der Waals surface area (Å²) < 4.78 is 0. The minimum absolute atomic E-state index is 0.0823. The van der Waals surface area contributed by atoms with Gasteiger partial charge in [0.1, 0.15) is 0 Å². The van der Waals surface area contributed by atoms with E-state index in [4.69, 9.17) is 0 Å². The van der Waals surface area contributed by atoms with Crippen molar-refractivity contribution in [3.63, 3.8) is 0 Å². The fourth-order valence-electron chi connectivity index (χ4n) is 6.90. The van der Waals surface area contributed by atoms with Crippen molar-refractivity contribution >= 4 is 17.2 Å². The van der Waals surface area contributed by atoms with E-state index < -0.39 is 0 Å². The van der Waals surface area contributed by atoms with Crippen LogP contribution in [0.1, 0.15) is 103 Å². The molecule has 0 heteroatoms. The normalized spacial score (nSPS) is 16.2. The van der Waals surface area contributed by atoms with Crippen LogP contribution in [-0.2, 0) is 10.8 Å². The SMILES string of the molecule is CC1C=C(C(C)(C)C)C=C1c1c2c(cc(C(C)(C)C)c1=C(c1ccccc1)c1ccccc1)=c1cc(C(C)(C)C)ccc1=C2. The van der Waals surface area contributed by atoms with Crippen molar-refractivity contribution in [1.29, 1.82) is 0 Å². The average Bonchev–Trinajstić information content (AvgIpc) is 3.53. The van der Waals surface area contributed by atoms with Gasteiger partial charge in [-0.05, 0) is 99.4 Å². The first-order valence-corrected chi connectivity index (χ1v) is 16.3. The zero-order chi connectivity index (χ0) is 31.6. The van der Waals surface area contributed by atoms with Crippen molar-refractivity contribution in [3.8, 4) is 0 Å². The lowest BCUT2D eigenvalue weighted by atomic mass is 9.77. The van der Waals surface area contributed by atoms with Gasteiger partial charge in [-0.1, -0.05) is 160 Å². The zero-order valence-corrected chi connectivity index (χ0v) is 28.4. The highest BCUT2D eigenvalue weighted by Crippen LogP contribution is 2.42. The number of fused-ring (bicyclic) bond motifs is 2. The van der Waals surface area contributed by atoms with Gasteiger partial charge in [0.05, 0.1) is 0 Å². The molecule has 0 radical (unpaired) electrons. The maximum Gasteiger partial charge on any atom is 0.000207 e. The lowest BCUT2D eigenvalue weighted by molar-refractivity contribution is 0.516. The standard InChI is InChI=1S/C44H48/c1-28-23-33(43(5,6)7)26-34(28)40-37-24-31-21-22-32(42(2,3)4)25-35(31)36(37)27-38(44(8,9)10)41(40)39(29-17-13-11-14-18-29)30-19-15-12-16-20-30/h11-28H,1-10H3. The van der Waals surface area contributed by atoms with Crippen LogP contribution in [0.5, 0.6) is 0 Å². The highest BCUT2D eigenvalue weighted by atomic mass is 14.3. The monoisotopic (exact) mass is 576 g/mol. The van der Waals surface area contributed by atoms with Gasteiger partial charge in [-0.2, -0.15) is 0 Å². The average molecular weight is 577 g/mol. The summed E-state index contributed by atoms with van der Waals surface area (Å²) >= 11 is 0. The molecule has 0 N–H and O–H groups in total. The van der Waals surface area contributed by atoms with Gasteiger partial charge in [0.2, 0.25) is 0 Å². The Morgan fingerprint density at radius 2 is 1.18 bits per heavy atom. The second-order valence-corrected chi connectivity index (χ2v) is 15.9. The zero-order valence-electron chi connectivity index (χ0n) is 28.4. The van der Waals surface area contributed by atoms with Crippen LogP contribution in [0, 0.1) is 21.8 Å². The summed E-state index contributed by atoms with van der Waals surface area (Å²) in [6.45, 7) is 23.5. The molecular weight excluding hydrogens is 528 g/mol. The Bertz CT molecular complexity index is 1990. The Morgan fingerprint density at radius 3 is 1.68 bits per heavy atom. The predicted octanol–water partition coefficient (Wildman–Crippen LogP) is 9.96. The summed E-state index contributed by atoms with van der Waals surface area (Å²) in [4.78, 5) is 0. The molecule has 44 heavy (non-hydrogen) atoms. The second kappa shape index (κ2) is 10.6. The van der Waals surface area contributed by atoms with E-state index in [9.17, 15) is 0 Å². The Morgan fingerprint density at radius 1 is 0.591 bits per heavy atom. The predicted molar refractivity (Wildman–Crippen MR) is 190 cm³/mol. The molecule has 0 fully saturated rings. The van der Waals surface area contributed by atoms with E-state index in [1.807, 2.05) is 0 Å². The molecule has 1 unspecified atom stereocenters. The summed E-state index contributed by atoms with van der Waals surface area (Å²) in [5.74, 6) is 0.317. The molecule has 2 aliphatic carbocycles. The van der Waals surface area contributed by atoms with Gasteiger partial charge < -0.3 is 0 Å². The highest BCUT2D eigenvalue weighted by Gasteiger charge is 2.30. The summed E-state index contributed by atoms with van der Waals surface area (Å²) in [5.41, 5.74) is 12.3. The van der Waals surface area contributed by atoms with Crippen LogP contribution < -0.4 is 10.4 Å². The molecule has 0 nitrogen and oxygen atoms in total. The molecule has 0 spiro atoms. The molecule has 0 saturated heterocycles. The topological polar surface area (TPSA) is 0 Å². The lowest BCUT2D eigenvalue weighted by Crippen LogP contribution is -2.29. The third kappa shape index (κ3) is 5.34. The number of hydrogen-bond acceptors (Lipinski definition) is 0. The summed E-state index contributed by atoms with van der Waals surface area (Å²) in [6.07, 6.45) is 7.49. The summed E-state index contributed by atoms with van der Waals surface area (Å²) in [6, 6.07) is 31.7. The quantitative estimate of drug-likeness (QED) is 0.200. The van der Waals surface area contributed by atoms with E-state index in [0.717, 1.165) is 0 Å². The fourth-order valence-corrected chi connectivity index (χ4v) is 6.90. The van der Waals surface area contributed by atoms with Crippen LogP contribution in [0.25, 0.3) is 17.2 Å². The molecule has 0 aromatic heterocycles. The maximum atomic E-state index is 2.53. The van der Waals surface area contributed by atoms with Crippen LogP contribution in [0.4, 0.5) is 0 Å². The van der Waals surface area contributed by atoms with Crippen molar-refractivity contribution in [2.45, 2.75) is 80.1 Å². The van der Waals surface area contributed by atoms with Gasteiger partial charge in [-0.3, -0.25) is 0 Å². The molecular formula is C44H48. The minimum Gasteiger partial charge on any atom is -0.0735 e. The number of benzene rings is 4. The van der Waals surface area contributed by atoms with Gasteiger partial charge in [0, 0.05) is 5.92 Å². The van der Waals surface area contributed by atoms with Crippen LogP contribution in [0.2, 0.25) is 0 Å². The number of allylic oxidation sites excluding steroid dienone is 4. The third-order valence-corrected chi connectivity index (χ3v) is 9.45. The maximum absolute atomic E-state index is 2.53. The molecule has 0 heterocycles. The smallest absolute Gasteiger partial charge is 0.000207 e. The van der Waals surface area contributed by atoms with E-state index >= 15 is 0 Å². The lowest BCUT2D eigenvalue weighted by Gasteiger charge is -2.27. The van der Waals surface area contributed by atoms with Gasteiger partial charge in [0.25, 0.3) is 0 Å². The Hall–Kier alpha value is -3.90. The van der Waals surface area contributed by atoms with Crippen molar-refractivity contribution in [1.82, 2.24) is 0 Å². The molecule has 0 amide bonds. The van der Waals surface area contributed by atoms with E-state index in [1.54, 1.807) is 0 Å². The molecule has 224 valence electrons. The molecule has 0 aliphatic heterocycles. The van der Waals surface area contributed by atoms with Gasteiger partial charge >= 0.3 is 0 Å². The molecule has 1 atom stereocenters. The Balaban J connectivity index is 1.91. The molecule has 6 rings (SSSR count). The second-order valence-electron chi connectivity index (χ2n) is 15.9. The van der Waals surface area contributed by atoms with E-state index in [2.05, 4.69) is 172 Å². The molecule has 4 aromatic rings. The summed E-state index contributed by atoms with van der Waals surface area (Å²) in [5, 5.41) is 5.42.